The van der Waals surface area contributed by atoms with Crippen LogP contribution in [0.2, 0.25) is 0 Å². The van der Waals surface area contributed by atoms with Gasteiger partial charge in [-0.2, -0.15) is 23.5 Å². The molecule has 0 bridgehead atoms. The summed E-state index contributed by atoms with van der Waals surface area (Å²) in [4.78, 5) is 49.4. The maximum atomic E-state index is 12.8. The molecule has 0 aliphatic rings. The molecule has 186 valence electrons. The van der Waals surface area contributed by atoms with Crippen molar-refractivity contribution in [1.29, 1.82) is 0 Å². The minimum atomic E-state index is -1.31. The molecule has 0 heterocycles. The fraction of sp³-hybridized carbons (Fsp3) is 0.800. The standard InChI is InChI=1S/C20H38N4O6S2/c1-6-11(2)15(21)18(27)24-16(12(3)25)19(28)22-13(7-9-31-4)17(26)23-14(20(29)30)8-10-32-5/h11-16,25H,6-10,21H2,1-5H3,(H,22,28)(H,23,26)(H,24,27)(H,29,30). The molecule has 0 fully saturated rings. The van der Waals surface area contributed by atoms with Crippen LogP contribution in [-0.4, -0.2) is 88.2 Å². The lowest BCUT2D eigenvalue weighted by Crippen LogP contribution is -2.60. The number of hydrogen-bond acceptors (Lipinski definition) is 8. The summed E-state index contributed by atoms with van der Waals surface area (Å²) in [5.74, 6) is -2.15. The number of aliphatic hydroxyl groups is 1. The molecule has 0 aromatic rings. The summed E-state index contributed by atoms with van der Waals surface area (Å²) < 4.78 is 0. The lowest BCUT2D eigenvalue weighted by atomic mass is 9.98. The average molecular weight is 495 g/mol. The van der Waals surface area contributed by atoms with E-state index in [0.29, 0.717) is 17.9 Å². The minimum absolute atomic E-state index is 0.123. The molecule has 0 radical (unpaired) electrons. The Labute approximate surface area is 198 Å². The van der Waals surface area contributed by atoms with Crippen LogP contribution in [0.1, 0.15) is 40.0 Å². The van der Waals surface area contributed by atoms with Crippen LogP contribution in [0.15, 0.2) is 0 Å². The van der Waals surface area contributed by atoms with E-state index in [4.69, 9.17) is 5.73 Å². The topological polar surface area (TPSA) is 171 Å². The van der Waals surface area contributed by atoms with E-state index in [1.165, 1.54) is 30.4 Å². The number of aliphatic hydroxyl groups excluding tert-OH is 1. The van der Waals surface area contributed by atoms with Crippen molar-refractivity contribution in [3.63, 3.8) is 0 Å². The average Bonchev–Trinajstić information content (AvgIpc) is 2.75. The number of nitrogens with one attached hydrogen (secondary N) is 3. The van der Waals surface area contributed by atoms with Crippen LogP contribution in [0.5, 0.6) is 0 Å². The molecule has 0 rings (SSSR count). The quantitative estimate of drug-likeness (QED) is 0.170. The zero-order valence-corrected chi connectivity index (χ0v) is 21.1. The Bertz CT molecular complexity index is 623. The zero-order valence-electron chi connectivity index (χ0n) is 19.4. The van der Waals surface area contributed by atoms with E-state index >= 15 is 0 Å². The van der Waals surface area contributed by atoms with Gasteiger partial charge in [0.2, 0.25) is 17.7 Å². The number of carboxylic acid groups (broad SMARTS) is 1. The van der Waals surface area contributed by atoms with Gasteiger partial charge in [0, 0.05) is 0 Å². The predicted octanol–water partition coefficient (Wildman–Crippen LogP) is -0.214. The Morgan fingerprint density at radius 1 is 0.875 bits per heavy atom. The normalized spacial score (nSPS) is 16.7. The number of carbonyl (C=O) groups excluding carboxylic acids is 3. The second-order valence-corrected chi connectivity index (χ2v) is 9.63. The summed E-state index contributed by atoms with van der Waals surface area (Å²) in [6.45, 7) is 5.04. The number of rotatable bonds is 16. The van der Waals surface area contributed by atoms with E-state index in [0.717, 1.165) is 0 Å². The first-order valence-electron chi connectivity index (χ1n) is 10.5. The molecule has 0 aromatic carbocycles. The lowest BCUT2D eigenvalue weighted by molar-refractivity contribution is -0.142. The molecule has 10 nitrogen and oxygen atoms in total. The molecule has 3 amide bonds. The van der Waals surface area contributed by atoms with Crippen molar-refractivity contribution in [3.05, 3.63) is 0 Å². The Hall–Kier alpha value is -1.50. The molecule has 6 atom stereocenters. The van der Waals surface area contributed by atoms with Gasteiger partial charge in [0.25, 0.3) is 0 Å². The smallest absolute Gasteiger partial charge is 0.326 e. The molecular formula is C20H38N4O6S2. The van der Waals surface area contributed by atoms with E-state index in [9.17, 15) is 29.4 Å². The van der Waals surface area contributed by atoms with Gasteiger partial charge in [0.05, 0.1) is 12.1 Å². The van der Waals surface area contributed by atoms with Gasteiger partial charge in [-0.15, -0.1) is 0 Å². The number of aliphatic carboxylic acids is 1. The summed E-state index contributed by atoms with van der Waals surface area (Å²) >= 11 is 2.92. The van der Waals surface area contributed by atoms with Crippen LogP contribution in [0.25, 0.3) is 0 Å². The summed E-state index contributed by atoms with van der Waals surface area (Å²) in [7, 11) is 0. The Morgan fingerprint density at radius 2 is 1.38 bits per heavy atom. The highest BCUT2D eigenvalue weighted by molar-refractivity contribution is 7.98. The van der Waals surface area contributed by atoms with Crippen LogP contribution in [0.4, 0.5) is 0 Å². The number of carbonyl (C=O) groups is 4. The van der Waals surface area contributed by atoms with Crippen molar-refractivity contribution in [1.82, 2.24) is 16.0 Å². The number of hydrogen-bond donors (Lipinski definition) is 6. The van der Waals surface area contributed by atoms with Crippen LogP contribution >= 0.6 is 23.5 Å². The zero-order chi connectivity index (χ0) is 24.8. The summed E-state index contributed by atoms with van der Waals surface area (Å²) in [6.07, 6.45) is 3.59. The maximum Gasteiger partial charge on any atom is 0.326 e. The molecule has 0 spiro atoms. The molecule has 0 aliphatic heterocycles. The number of carboxylic acids is 1. The molecule has 0 aromatic heterocycles. The fourth-order valence-electron chi connectivity index (χ4n) is 2.70. The fourth-order valence-corrected chi connectivity index (χ4v) is 3.64. The maximum absolute atomic E-state index is 12.8. The summed E-state index contributed by atoms with van der Waals surface area (Å²) in [5.41, 5.74) is 5.91. The highest BCUT2D eigenvalue weighted by atomic mass is 32.2. The monoisotopic (exact) mass is 494 g/mol. The third-order valence-electron chi connectivity index (χ3n) is 5.09. The second kappa shape index (κ2) is 16.2. The third-order valence-corrected chi connectivity index (χ3v) is 6.38. The molecule has 7 N–H and O–H groups in total. The van der Waals surface area contributed by atoms with Gasteiger partial charge in [0.15, 0.2) is 0 Å². The van der Waals surface area contributed by atoms with Gasteiger partial charge in [-0.05, 0) is 49.7 Å². The molecule has 32 heavy (non-hydrogen) atoms. The van der Waals surface area contributed by atoms with Gasteiger partial charge >= 0.3 is 5.97 Å². The first kappa shape index (κ1) is 30.5. The van der Waals surface area contributed by atoms with Crippen molar-refractivity contribution < 1.29 is 29.4 Å². The number of nitrogens with two attached hydrogens (primary N) is 1. The van der Waals surface area contributed by atoms with Crippen LogP contribution < -0.4 is 21.7 Å². The van der Waals surface area contributed by atoms with E-state index in [-0.39, 0.29) is 18.8 Å². The number of thioether (sulfide) groups is 2. The minimum Gasteiger partial charge on any atom is -0.480 e. The van der Waals surface area contributed by atoms with Crippen molar-refractivity contribution in [2.75, 3.05) is 24.0 Å². The largest absolute Gasteiger partial charge is 0.480 e. The van der Waals surface area contributed by atoms with Crippen molar-refractivity contribution >= 4 is 47.2 Å². The van der Waals surface area contributed by atoms with Crippen molar-refractivity contribution in [3.8, 4) is 0 Å². The van der Waals surface area contributed by atoms with Gasteiger partial charge in [-0.1, -0.05) is 20.3 Å². The summed E-state index contributed by atoms with van der Waals surface area (Å²) in [6, 6.07) is -4.26. The Balaban J connectivity index is 5.37. The highest BCUT2D eigenvalue weighted by Gasteiger charge is 2.32. The van der Waals surface area contributed by atoms with Crippen molar-refractivity contribution in [2.24, 2.45) is 11.7 Å². The van der Waals surface area contributed by atoms with Gasteiger partial charge in [0.1, 0.15) is 18.1 Å². The number of amides is 3. The third kappa shape index (κ3) is 10.9. The van der Waals surface area contributed by atoms with Crippen molar-refractivity contribution in [2.45, 2.75) is 70.3 Å². The van der Waals surface area contributed by atoms with Gasteiger partial charge < -0.3 is 31.9 Å². The van der Waals surface area contributed by atoms with E-state index in [1.54, 1.807) is 6.92 Å². The molecule has 12 heteroatoms. The summed E-state index contributed by atoms with van der Waals surface area (Å²) in [5, 5.41) is 26.9. The van der Waals surface area contributed by atoms with Gasteiger partial charge in [-0.25, -0.2) is 4.79 Å². The van der Waals surface area contributed by atoms with E-state index < -0.39 is 54.0 Å². The Kier molecular flexibility index (Phi) is 15.4. The second-order valence-electron chi connectivity index (χ2n) is 7.66. The Morgan fingerprint density at radius 3 is 1.81 bits per heavy atom. The SMILES string of the molecule is CCC(C)C(N)C(=O)NC(C(=O)NC(CCSC)C(=O)NC(CCSC)C(=O)O)C(C)O. The van der Waals surface area contributed by atoms with Gasteiger partial charge in [-0.3, -0.25) is 14.4 Å². The van der Waals surface area contributed by atoms with Crippen LogP contribution in [0, 0.1) is 5.92 Å². The predicted molar refractivity (Wildman–Crippen MR) is 129 cm³/mol. The molecule has 0 aliphatic carbocycles. The first-order valence-corrected chi connectivity index (χ1v) is 13.3. The molecular weight excluding hydrogens is 456 g/mol. The first-order chi connectivity index (χ1) is 15.0. The molecule has 0 saturated carbocycles. The highest BCUT2D eigenvalue weighted by Crippen LogP contribution is 2.08. The van der Waals surface area contributed by atoms with Crippen LogP contribution in [-0.2, 0) is 19.2 Å². The molecule has 6 unspecified atom stereocenters. The van der Waals surface area contributed by atoms with E-state index in [2.05, 4.69) is 16.0 Å². The molecule has 0 saturated heterocycles. The van der Waals surface area contributed by atoms with Crippen LogP contribution in [0.3, 0.4) is 0 Å². The van der Waals surface area contributed by atoms with E-state index in [1.807, 2.05) is 19.4 Å². The lowest BCUT2D eigenvalue weighted by Gasteiger charge is -2.27.